The predicted molar refractivity (Wildman–Crippen MR) is 64.7 cm³/mol. The minimum Gasteiger partial charge on any atom is -0.480 e. The Morgan fingerprint density at radius 2 is 2.06 bits per heavy atom. The Morgan fingerprint density at radius 1 is 1.41 bits per heavy atom. The second-order valence-electron chi connectivity index (χ2n) is 3.48. The zero-order chi connectivity index (χ0) is 12.8. The zero-order valence-electron chi connectivity index (χ0n) is 9.43. The molecule has 6 nitrogen and oxygen atoms in total. The predicted octanol–water partition coefficient (Wildman–Crippen LogP) is 1.25. The highest BCUT2D eigenvalue weighted by Gasteiger charge is 2.17. The molecule has 0 unspecified atom stereocenters. The maximum atomic E-state index is 11.5. The number of carbonyl (C=O) groups is 2. The van der Waals surface area contributed by atoms with Crippen molar-refractivity contribution >= 4 is 23.4 Å². The lowest BCUT2D eigenvalue weighted by Crippen LogP contribution is -2.42. The number of nitrogens with one attached hydrogen (secondary N) is 2. The third kappa shape index (κ3) is 3.67. The first kappa shape index (κ1) is 12.8. The van der Waals surface area contributed by atoms with Gasteiger partial charge in [-0.3, -0.25) is 0 Å². The van der Waals surface area contributed by atoms with Gasteiger partial charge in [-0.15, -0.1) is 0 Å². The zero-order valence-corrected chi connectivity index (χ0v) is 9.43. The van der Waals surface area contributed by atoms with Crippen LogP contribution in [0.4, 0.5) is 16.2 Å². The molecule has 0 spiro atoms. The fourth-order valence-electron chi connectivity index (χ4n) is 1.27. The van der Waals surface area contributed by atoms with Crippen molar-refractivity contribution in [3.63, 3.8) is 0 Å². The normalized spacial score (nSPS) is 11.6. The minimum absolute atomic E-state index is 0.313. The van der Waals surface area contributed by atoms with E-state index in [1.165, 1.54) is 0 Å². The first-order valence-electron chi connectivity index (χ1n) is 5.19. The number of benzene rings is 1. The number of hydrogen-bond acceptors (Lipinski definition) is 3. The van der Waals surface area contributed by atoms with E-state index in [9.17, 15) is 9.59 Å². The SMILES string of the molecule is CC[C@H](NC(=O)Nc1ccccc1N)C(=O)O. The van der Waals surface area contributed by atoms with E-state index in [1.54, 1.807) is 31.2 Å². The fourth-order valence-corrected chi connectivity index (χ4v) is 1.27. The maximum absolute atomic E-state index is 11.5. The standard InChI is InChI=1S/C11H15N3O3/c1-2-8(10(15)16)13-11(17)14-9-6-4-3-5-7(9)12/h3-6,8H,2,12H2,1H3,(H,15,16)(H2,13,14,17)/t8-/m0/s1. The molecule has 0 aliphatic heterocycles. The molecule has 1 atom stereocenters. The highest BCUT2D eigenvalue weighted by atomic mass is 16.4. The summed E-state index contributed by atoms with van der Waals surface area (Å²) in [6.45, 7) is 1.68. The summed E-state index contributed by atoms with van der Waals surface area (Å²) in [6, 6.07) is 5.25. The van der Waals surface area contributed by atoms with Gasteiger partial charge in [-0.25, -0.2) is 9.59 Å². The number of urea groups is 1. The fraction of sp³-hybridized carbons (Fsp3) is 0.273. The van der Waals surface area contributed by atoms with Crippen LogP contribution in [0.3, 0.4) is 0 Å². The van der Waals surface area contributed by atoms with Crippen molar-refractivity contribution < 1.29 is 14.7 Å². The molecular formula is C11H15N3O3. The lowest BCUT2D eigenvalue weighted by Gasteiger charge is -2.13. The van der Waals surface area contributed by atoms with Crippen LogP contribution in [-0.4, -0.2) is 23.1 Å². The van der Waals surface area contributed by atoms with Crippen LogP contribution in [0.5, 0.6) is 0 Å². The molecule has 0 bridgehead atoms. The van der Waals surface area contributed by atoms with Crippen molar-refractivity contribution in [3.05, 3.63) is 24.3 Å². The first-order valence-corrected chi connectivity index (χ1v) is 5.19. The number of para-hydroxylation sites is 2. The Kier molecular flexibility index (Phi) is 4.33. The van der Waals surface area contributed by atoms with Crippen molar-refractivity contribution in [1.29, 1.82) is 0 Å². The number of carboxylic acids is 1. The van der Waals surface area contributed by atoms with Gasteiger partial charge in [-0.2, -0.15) is 0 Å². The van der Waals surface area contributed by atoms with Gasteiger partial charge >= 0.3 is 12.0 Å². The van der Waals surface area contributed by atoms with Crippen molar-refractivity contribution in [3.8, 4) is 0 Å². The van der Waals surface area contributed by atoms with E-state index in [0.29, 0.717) is 17.8 Å². The molecule has 2 amide bonds. The van der Waals surface area contributed by atoms with E-state index in [1.807, 2.05) is 0 Å². The quantitative estimate of drug-likeness (QED) is 0.591. The molecule has 5 N–H and O–H groups in total. The van der Waals surface area contributed by atoms with Crippen LogP contribution >= 0.6 is 0 Å². The van der Waals surface area contributed by atoms with Gasteiger partial charge in [-0.05, 0) is 18.6 Å². The van der Waals surface area contributed by atoms with E-state index in [0.717, 1.165) is 0 Å². The van der Waals surface area contributed by atoms with Gasteiger partial charge in [0.15, 0.2) is 0 Å². The van der Waals surface area contributed by atoms with Crippen molar-refractivity contribution in [2.75, 3.05) is 11.1 Å². The number of nitrogen functional groups attached to an aromatic ring is 1. The van der Waals surface area contributed by atoms with Gasteiger partial charge in [0.1, 0.15) is 6.04 Å². The summed E-state index contributed by atoms with van der Waals surface area (Å²) >= 11 is 0. The number of anilines is 2. The van der Waals surface area contributed by atoms with Crippen LogP contribution in [0.2, 0.25) is 0 Å². The summed E-state index contributed by atoms with van der Waals surface area (Å²) in [4.78, 5) is 22.2. The molecule has 0 heterocycles. The van der Waals surface area contributed by atoms with Crippen LogP contribution < -0.4 is 16.4 Å². The lowest BCUT2D eigenvalue weighted by molar-refractivity contribution is -0.139. The van der Waals surface area contributed by atoms with Crippen molar-refractivity contribution in [1.82, 2.24) is 5.32 Å². The van der Waals surface area contributed by atoms with Crippen LogP contribution in [0.25, 0.3) is 0 Å². The van der Waals surface area contributed by atoms with Crippen LogP contribution in [0, 0.1) is 0 Å². The van der Waals surface area contributed by atoms with Crippen LogP contribution in [0.15, 0.2) is 24.3 Å². The summed E-state index contributed by atoms with van der Waals surface area (Å²) in [7, 11) is 0. The highest BCUT2D eigenvalue weighted by molar-refractivity contribution is 5.94. The Labute approximate surface area is 98.8 Å². The molecule has 0 saturated carbocycles. The molecule has 0 aromatic heterocycles. The smallest absolute Gasteiger partial charge is 0.326 e. The second-order valence-corrected chi connectivity index (χ2v) is 3.48. The summed E-state index contributed by atoms with van der Waals surface area (Å²) in [5, 5.41) is 13.6. The number of carboxylic acid groups (broad SMARTS) is 1. The maximum Gasteiger partial charge on any atom is 0.326 e. The average Bonchev–Trinajstić information content (AvgIpc) is 2.28. The molecule has 0 radical (unpaired) electrons. The van der Waals surface area contributed by atoms with Gasteiger partial charge < -0.3 is 21.5 Å². The second kappa shape index (κ2) is 5.74. The lowest BCUT2D eigenvalue weighted by atomic mass is 10.2. The molecule has 1 aromatic rings. The third-order valence-corrected chi connectivity index (χ3v) is 2.22. The molecule has 17 heavy (non-hydrogen) atoms. The Hall–Kier alpha value is -2.24. The Bertz CT molecular complexity index is 420. The summed E-state index contributed by atoms with van der Waals surface area (Å²) < 4.78 is 0. The number of aliphatic carboxylic acids is 1. The third-order valence-electron chi connectivity index (χ3n) is 2.22. The largest absolute Gasteiger partial charge is 0.480 e. The molecule has 6 heteroatoms. The van der Waals surface area contributed by atoms with E-state index in [4.69, 9.17) is 10.8 Å². The molecule has 0 aliphatic carbocycles. The number of carbonyl (C=O) groups excluding carboxylic acids is 1. The van der Waals surface area contributed by atoms with Gasteiger partial charge in [-0.1, -0.05) is 19.1 Å². The number of amides is 2. The molecular weight excluding hydrogens is 222 g/mol. The Morgan fingerprint density at radius 3 is 2.59 bits per heavy atom. The van der Waals surface area contributed by atoms with Crippen LogP contribution in [0.1, 0.15) is 13.3 Å². The highest BCUT2D eigenvalue weighted by Crippen LogP contribution is 2.16. The van der Waals surface area contributed by atoms with E-state index in [-0.39, 0.29) is 0 Å². The molecule has 1 aromatic carbocycles. The van der Waals surface area contributed by atoms with Gasteiger partial charge in [0.2, 0.25) is 0 Å². The molecule has 0 fully saturated rings. The van der Waals surface area contributed by atoms with E-state index in [2.05, 4.69) is 10.6 Å². The van der Waals surface area contributed by atoms with E-state index >= 15 is 0 Å². The van der Waals surface area contributed by atoms with E-state index < -0.39 is 18.0 Å². The summed E-state index contributed by atoms with van der Waals surface area (Å²) in [5.41, 5.74) is 6.50. The van der Waals surface area contributed by atoms with Crippen molar-refractivity contribution in [2.24, 2.45) is 0 Å². The molecule has 92 valence electrons. The Balaban J connectivity index is 2.61. The molecule has 0 saturated heterocycles. The number of rotatable bonds is 4. The molecule has 0 aliphatic rings. The molecule has 1 rings (SSSR count). The van der Waals surface area contributed by atoms with Gasteiger partial charge in [0.25, 0.3) is 0 Å². The van der Waals surface area contributed by atoms with Crippen molar-refractivity contribution in [2.45, 2.75) is 19.4 Å². The summed E-state index contributed by atoms with van der Waals surface area (Å²) in [5.74, 6) is -1.07. The average molecular weight is 237 g/mol. The monoisotopic (exact) mass is 237 g/mol. The summed E-state index contributed by atoms with van der Waals surface area (Å²) in [6.07, 6.45) is 0.313. The topological polar surface area (TPSA) is 104 Å². The number of nitrogens with two attached hydrogens (primary N) is 1. The van der Waals surface area contributed by atoms with Crippen LogP contribution in [-0.2, 0) is 4.79 Å². The van der Waals surface area contributed by atoms with Gasteiger partial charge in [0, 0.05) is 0 Å². The number of hydrogen-bond donors (Lipinski definition) is 4. The first-order chi connectivity index (χ1) is 8.04. The van der Waals surface area contributed by atoms with Gasteiger partial charge in [0.05, 0.1) is 11.4 Å². The minimum atomic E-state index is -1.07.